The molecule has 0 atom stereocenters. The van der Waals surface area contributed by atoms with Crippen LogP contribution in [-0.4, -0.2) is 16.1 Å². The van der Waals surface area contributed by atoms with E-state index < -0.39 is 0 Å². The Balaban J connectivity index is 2.01. The van der Waals surface area contributed by atoms with Gasteiger partial charge in [0.1, 0.15) is 5.82 Å². The fourth-order valence-electron chi connectivity index (χ4n) is 1.76. The number of carbonyl (C=O) groups is 1. The van der Waals surface area contributed by atoms with Crippen LogP contribution in [-0.2, 0) is 17.6 Å². The van der Waals surface area contributed by atoms with E-state index in [4.69, 9.17) is 5.73 Å². The van der Waals surface area contributed by atoms with Gasteiger partial charge in [-0.3, -0.25) is 9.89 Å². The van der Waals surface area contributed by atoms with Gasteiger partial charge in [0, 0.05) is 11.3 Å². The minimum absolute atomic E-state index is 0.0837. The highest BCUT2D eigenvalue weighted by Gasteiger charge is 2.08. The molecule has 5 heteroatoms. The third-order valence-corrected chi connectivity index (χ3v) is 2.68. The lowest BCUT2D eigenvalue weighted by atomic mass is 10.1. The number of nitrogens with two attached hydrogens (primary N) is 1. The summed E-state index contributed by atoms with van der Waals surface area (Å²) in [5.41, 5.74) is 8.22. The number of hydrogen-bond donors (Lipinski definition) is 3. The van der Waals surface area contributed by atoms with E-state index in [1.165, 1.54) is 0 Å². The van der Waals surface area contributed by atoms with E-state index in [9.17, 15) is 4.79 Å². The number of amides is 1. The van der Waals surface area contributed by atoms with Gasteiger partial charge in [-0.2, -0.15) is 5.10 Å². The number of hydrogen-bond acceptors (Lipinski definition) is 3. The standard InChI is InChI=1S/C13H16N4O/c1-2-10-8-15-17-13(10)16-12(18)7-9-4-3-5-11(14)6-9/h3-6,8H,2,7,14H2,1H3,(H2,15,16,17,18). The van der Waals surface area contributed by atoms with E-state index >= 15 is 0 Å². The van der Waals surface area contributed by atoms with E-state index in [0.717, 1.165) is 17.5 Å². The summed E-state index contributed by atoms with van der Waals surface area (Å²) in [4.78, 5) is 11.9. The Bertz CT molecular complexity index is 547. The number of aromatic nitrogens is 2. The predicted octanol–water partition coefficient (Wildman–Crippen LogP) is 1.74. The average molecular weight is 244 g/mol. The maximum Gasteiger partial charge on any atom is 0.229 e. The lowest BCUT2D eigenvalue weighted by Crippen LogP contribution is -2.15. The van der Waals surface area contributed by atoms with Crippen LogP contribution in [0.25, 0.3) is 0 Å². The van der Waals surface area contributed by atoms with Crippen molar-refractivity contribution in [3.63, 3.8) is 0 Å². The van der Waals surface area contributed by atoms with E-state index in [1.807, 2.05) is 19.1 Å². The average Bonchev–Trinajstić information content (AvgIpc) is 2.76. The molecule has 18 heavy (non-hydrogen) atoms. The van der Waals surface area contributed by atoms with E-state index in [2.05, 4.69) is 15.5 Å². The van der Waals surface area contributed by atoms with Crippen molar-refractivity contribution < 1.29 is 4.79 Å². The monoisotopic (exact) mass is 244 g/mol. The number of H-pyrrole nitrogens is 1. The zero-order valence-corrected chi connectivity index (χ0v) is 10.2. The van der Waals surface area contributed by atoms with Gasteiger partial charge in [0.05, 0.1) is 12.6 Å². The lowest BCUT2D eigenvalue weighted by molar-refractivity contribution is -0.115. The summed E-state index contributed by atoms with van der Waals surface area (Å²) in [5.74, 6) is 0.589. The summed E-state index contributed by atoms with van der Waals surface area (Å²) in [6.45, 7) is 2.01. The van der Waals surface area contributed by atoms with Crippen molar-refractivity contribution in [3.05, 3.63) is 41.6 Å². The second kappa shape index (κ2) is 5.35. The second-order valence-electron chi connectivity index (χ2n) is 4.09. The summed E-state index contributed by atoms with van der Waals surface area (Å²) in [5, 5.41) is 9.50. The third-order valence-electron chi connectivity index (χ3n) is 2.68. The fraction of sp³-hybridized carbons (Fsp3) is 0.231. The van der Waals surface area contributed by atoms with Gasteiger partial charge in [0.25, 0.3) is 0 Å². The summed E-state index contributed by atoms with van der Waals surface area (Å²) in [6.07, 6.45) is 2.84. The molecule has 0 fully saturated rings. The maximum atomic E-state index is 11.9. The van der Waals surface area contributed by atoms with Crippen molar-refractivity contribution >= 4 is 17.4 Å². The van der Waals surface area contributed by atoms with Crippen LogP contribution in [0, 0.1) is 0 Å². The molecule has 0 bridgehead atoms. The van der Waals surface area contributed by atoms with Crippen LogP contribution in [0.4, 0.5) is 11.5 Å². The molecule has 1 aromatic carbocycles. The Kier molecular flexibility index (Phi) is 3.62. The van der Waals surface area contributed by atoms with Crippen LogP contribution in [0.1, 0.15) is 18.1 Å². The number of nitrogens with one attached hydrogen (secondary N) is 2. The summed E-state index contributed by atoms with van der Waals surface area (Å²) < 4.78 is 0. The van der Waals surface area contributed by atoms with E-state index in [0.29, 0.717) is 17.9 Å². The van der Waals surface area contributed by atoms with Gasteiger partial charge in [0.2, 0.25) is 5.91 Å². The van der Waals surface area contributed by atoms with Crippen LogP contribution < -0.4 is 11.1 Å². The maximum absolute atomic E-state index is 11.9. The zero-order chi connectivity index (χ0) is 13.0. The smallest absolute Gasteiger partial charge is 0.229 e. The van der Waals surface area contributed by atoms with Crippen molar-refractivity contribution in [3.8, 4) is 0 Å². The number of rotatable bonds is 4. The highest BCUT2D eigenvalue weighted by atomic mass is 16.1. The molecule has 2 aromatic rings. The van der Waals surface area contributed by atoms with Crippen LogP contribution in [0.2, 0.25) is 0 Å². The molecule has 0 aliphatic heterocycles. The Morgan fingerprint density at radius 2 is 2.33 bits per heavy atom. The molecule has 0 spiro atoms. The number of nitrogen functional groups attached to an aromatic ring is 1. The first-order valence-electron chi connectivity index (χ1n) is 5.85. The van der Waals surface area contributed by atoms with Crippen LogP contribution >= 0.6 is 0 Å². The molecule has 0 aliphatic rings. The SMILES string of the molecule is CCc1cn[nH]c1NC(=O)Cc1cccc(N)c1. The highest BCUT2D eigenvalue weighted by Crippen LogP contribution is 2.12. The van der Waals surface area contributed by atoms with Crippen LogP contribution in [0.3, 0.4) is 0 Å². The minimum Gasteiger partial charge on any atom is -0.399 e. The van der Waals surface area contributed by atoms with Crippen LogP contribution in [0.5, 0.6) is 0 Å². The first-order chi connectivity index (χ1) is 8.69. The van der Waals surface area contributed by atoms with Gasteiger partial charge in [0.15, 0.2) is 0 Å². The molecular formula is C13H16N4O. The number of nitrogens with zero attached hydrogens (tertiary/aromatic N) is 1. The van der Waals surface area contributed by atoms with Gasteiger partial charge >= 0.3 is 0 Å². The topological polar surface area (TPSA) is 83.8 Å². The fourth-order valence-corrected chi connectivity index (χ4v) is 1.76. The largest absolute Gasteiger partial charge is 0.399 e. The van der Waals surface area contributed by atoms with Gasteiger partial charge in [-0.05, 0) is 24.1 Å². The van der Waals surface area contributed by atoms with E-state index in [-0.39, 0.29) is 5.91 Å². The van der Waals surface area contributed by atoms with Crippen molar-refractivity contribution in [2.24, 2.45) is 0 Å². The molecule has 1 aromatic heterocycles. The Hall–Kier alpha value is -2.30. The summed E-state index contributed by atoms with van der Waals surface area (Å²) in [6, 6.07) is 7.31. The molecule has 2 rings (SSSR count). The van der Waals surface area contributed by atoms with Gasteiger partial charge in [-0.15, -0.1) is 0 Å². The third kappa shape index (κ3) is 2.88. The first-order valence-corrected chi connectivity index (χ1v) is 5.85. The summed E-state index contributed by atoms with van der Waals surface area (Å²) >= 11 is 0. The first kappa shape index (κ1) is 12.2. The molecule has 0 unspecified atom stereocenters. The number of aryl methyl sites for hydroxylation is 1. The van der Waals surface area contributed by atoms with Gasteiger partial charge < -0.3 is 11.1 Å². The number of benzene rings is 1. The quantitative estimate of drug-likeness (QED) is 0.716. The molecular weight excluding hydrogens is 228 g/mol. The summed E-state index contributed by atoms with van der Waals surface area (Å²) in [7, 11) is 0. The van der Waals surface area contributed by atoms with Gasteiger partial charge in [-0.25, -0.2) is 0 Å². The number of anilines is 2. The Morgan fingerprint density at radius 3 is 3.06 bits per heavy atom. The molecule has 1 amide bonds. The van der Waals surface area contributed by atoms with Crippen molar-refractivity contribution in [2.75, 3.05) is 11.1 Å². The molecule has 0 saturated heterocycles. The number of aromatic amines is 1. The normalized spacial score (nSPS) is 10.3. The second-order valence-corrected chi connectivity index (χ2v) is 4.09. The van der Waals surface area contributed by atoms with Crippen molar-refractivity contribution in [1.29, 1.82) is 0 Å². The van der Waals surface area contributed by atoms with Crippen LogP contribution in [0.15, 0.2) is 30.5 Å². The van der Waals surface area contributed by atoms with E-state index in [1.54, 1.807) is 18.3 Å². The minimum atomic E-state index is -0.0837. The van der Waals surface area contributed by atoms with Gasteiger partial charge in [-0.1, -0.05) is 19.1 Å². The lowest BCUT2D eigenvalue weighted by Gasteiger charge is -2.05. The molecule has 0 saturated carbocycles. The highest BCUT2D eigenvalue weighted by molar-refractivity contribution is 5.92. The molecule has 94 valence electrons. The molecule has 1 heterocycles. The molecule has 0 aliphatic carbocycles. The van der Waals surface area contributed by atoms with Crippen molar-refractivity contribution in [2.45, 2.75) is 19.8 Å². The Labute approximate surface area is 105 Å². The molecule has 4 N–H and O–H groups in total. The molecule has 0 radical (unpaired) electrons. The molecule has 5 nitrogen and oxygen atoms in total. The number of carbonyl (C=O) groups excluding carboxylic acids is 1. The Morgan fingerprint density at radius 1 is 1.50 bits per heavy atom. The predicted molar refractivity (Wildman–Crippen MR) is 71.2 cm³/mol. The zero-order valence-electron chi connectivity index (χ0n) is 10.2. The van der Waals surface area contributed by atoms with Crippen molar-refractivity contribution in [1.82, 2.24) is 10.2 Å².